The third kappa shape index (κ3) is 5.30. The highest BCUT2D eigenvalue weighted by molar-refractivity contribution is 5.85. The van der Waals surface area contributed by atoms with Crippen LogP contribution in [0.2, 0.25) is 0 Å². The molecule has 1 heterocycles. The predicted octanol–water partition coefficient (Wildman–Crippen LogP) is 1.38. The molecule has 0 aromatic heterocycles. The summed E-state index contributed by atoms with van der Waals surface area (Å²) in [7, 11) is 2.03. The van der Waals surface area contributed by atoms with Gasteiger partial charge in [-0.15, -0.1) is 0 Å². The van der Waals surface area contributed by atoms with Crippen LogP contribution in [0.5, 0.6) is 0 Å². The van der Waals surface area contributed by atoms with Crippen molar-refractivity contribution in [3.63, 3.8) is 0 Å². The van der Waals surface area contributed by atoms with Gasteiger partial charge in [-0.3, -0.25) is 14.5 Å². The molecule has 0 atom stereocenters. The lowest BCUT2D eigenvalue weighted by molar-refractivity contribution is -0.132. The molecule has 21 heavy (non-hydrogen) atoms. The minimum Gasteiger partial charge on any atom is -0.346 e. The second kappa shape index (κ2) is 8.37. The Morgan fingerprint density at radius 1 is 1.05 bits per heavy atom. The molecule has 0 bridgehead atoms. The lowest BCUT2D eigenvalue weighted by atomic mass is 10.1. The van der Waals surface area contributed by atoms with E-state index in [2.05, 4.69) is 10.2 Å². The maximum Gasteiger partial charge on any atom is 0.241 e. The number of rotatable bonds is 5. The maximum absolute atomic E-state index is 12.0. The summed E-state index contributed by atoms with van der Waals surface area (Å²) in [4.78, 5) is 27.9. The summed E-state index contributed by atoms with van der Waals surface area (Å²) in [6.45, 7) is 2.24. The number of likely N-dealkylation sites (N-methyl/N-ethyl adjacent to an activating group) is 1. The SMILES string of the molecule is CN(CC(=O)NCC(=O)N1CCCC1)C1CCCCCC1. The first-order valence-corrected chi connectivity index (χ1v) is 8.41. The quantitative estimate of drug-likeness (QED) is 0.780. The van der Waals surface area contributed by atoms with E-state index in [4.69, 9.17) is 0 Å². The summed E-state index contributed by atoms with van der Waals surface area (Å²) in [5.41, 5.74) is 0. The van der Waals surface area contributed by atoms with Crippen molar-refractivity contribution in [1.29, 1.82) is 0 Å². The molecule has 1 saturated carbocycles. The monoisotopic (exact) mass is 295 g/mol. The maximum atomic E-state index is 12.0. The summed E-state index contributed by atoms with van der Waals surface area (Å²) >= 11 is 0. The van der Waals surface area contributed by atoms with E-state index in [0.29, 0.717) is 12.6 Å². The third-order valence-corrected chi connectivity index (χ3v) is 4.74. The molecule has 5 heteroatoms. The largest absolute Gasteiger partial charge is 0.346 e. The number of carbonyl (C=O) groups is 2. The molecule has 1 aliphatic heterocycles. The molecule has 1 aliphatic carbocycles. The molecule has 1 saturated heterocycles. The number of amides is 2. The summed E-state index contributed by atoms with van der Waals surface area (Å²) in [5, 5.41) is 2.77. The van der Waals surface area contributed by atoms with Gasteiger partial charge in [0.15, 0.2) is 0 Å². The highest BCUT2D eigenvalue weighted by Gasteiger charge is 2.21. The normalized spacial score (nSPS) is 20.6. The number of hydrogen-bond donors (Lipinski definition) is 1. The molecule has 1 N–H and O–H groups in total. The van der Waals surface area contributed by atoms with Crippen LogP contribution in [0.4, 0.5) is 0 Å². The average Bonchev–Trinajstić information content (AvgIpc) is 2.87. The number of hydrogen-bond acceptors (Lipinski definition) is 3. The Balaban J connectivity index is 1.66. The molecule has 0 unspecified atom stereocenters. The first-order chi connectivity index (χ1) is 10.2. The predicted molar refractivity (Wildman–Crippen MR) is 82.9 cm³/mol. The molecule has 0 aromatic rings. The van der Waals surface area contributed by atoms with E-state index in [0.717, 1.165) is 25.9 Å². The van der Waals surface area contributed by atoms with Crippen LogP contribution in [0.3, 0.4) is 0 Å². The standard InChI is InChI=1S/C16H29N3O2/c1-18(14-8-4-2-3-5-9-14)13-15(20)17-12-16(21)19-10-6-7-11-19/h14H,2-13H2,1H3,(H,17,20). The van der Waals surface area contributed by atoms with Crippen molar-refractivity contribution in [1.82, 2.24) is 15.1 Å². The van der Waals surface area contributed by atoms with Crippen LogP contribution in [0.15, 0.2) is 0 Å². The van der Waals surface area contributed by atoms with Crippen molar-refractivity contribution in [3.05, 3.63) is 0 Å². The van der Waals surface area contributed by atoms with Crippen molar-refractivity contribution in [2.45, 2.75) is 57.4 Å². The van der Waals surface area contributed by atoms with Gasteiger partial charge in [-0.1, -0.05) is 25.7 Å². The molecular weight excluding hydrogens is 266 g/mol. The molecule has 2 amide bonds. The van der Waals surface area contributed by atoms with Crippen LogP contribution >= 0.6 is 0 Å². The summed E-state index contributed by atoms with van der Waals surface area (Å²) < 4.78 is 0. The fourth-order valence-electron chi connectivity index (χ4n) is 3.36. The fourth-order valence-corrected chi connectivity index (χ4v) is 3.36. The van der Waals surface area contributed by atoms with Gasteiger partial charge >= 0.3 is 0 Å². The zero-order valence-corrected chi connectivity index (χ0v) is 13.3. The Hall–Kier alpha value is -1.10. The smallest absolute Gasteiger partial charge is 0.241 e. The number of carbonyl (C=O) groups excluding carboxylic acids is 2. The fraction of sp³-hybridized carbons (Fsp3) is 0.875. The molecule has 0 radical (unpaired) electrons. The van der Waals surface area contributed by atoms with Gasteiger partial charge in [-0.25, -0.2) is 0 Å². The minimum absolute atomic E-state index is 0.0331. The van der Waals surface area contributed by atoms with Crippen molar-refractivity contribution in [2.75, 3.05) is 33.2 Å². The van der Waals surface area contributed by atoms with E-state index in [-0.39, 0.29) is 18.4 Å². The average molecular weight is 295 g/mol. The Bertz CT molecular complexity index is 345. The molecule has 2 rings (SSSR count). The minimum atomic E-state index is -0.0331. The zero-order valence-electron chi connectivity index (χ0n) is 13.3. The number of nitrogens with zero attached hydrogens (tertiary/aromatic N) is 2. The van der Waals surface area contributed by atoms with Crippen LogP contribution in [0.25, 0.3) is 0 Å². The van der Waals surface area contributed by atoms with Crippen LogP contribution < -0.4 is 5.32 Å². The molecule has 2 fully saturated rings. The second-order valence-corrected chi connectivity index (χ2v) is 6.43. The van der Waals surface area contributed by atoms with Crippen LogP contribution in [0, 0.1) is 0 Å². The number of nitrogens with one attached hydrogen (secondary N) is 1. The first kappa shape index (κ1) is 16.3. The Kier molecular flexibility index (Phi) is 6.49. The van der Waals surface area contributed by atoms with Crippen LogP contribution in [0.1, 0.15) is 51.4 Å². The van der Waals surface area contributed by atoms with E-state index in [1.54, 1.807) is 0 Å². The number of likely N-dealkylation sites (tertiary alicyclic amines) is 1. The van der Waals surface area contributed by atoms with Crippen molar-refractivity contribution < 1.29 is 9.59 Å². The molecule has 0 aromatic carbocycles. The van der Waals surface area contributed by atoms with Gasteiger partial charge in [0.05, 0.1) is 13.1 Å². The molecule has 0 spiro atoms. The molecular formula is C16H29N3O2. The van der Waals surface area contributed by atoms with E-state index in [1.807, 2.05) is 11.9 Å². The Morgan fingerprint density at radius 2 is 1.67 bits per heavy atom. The van der Waals surface area contributed by atoms with Crippen molar-refractivity contribution in [3.8, 4) is 0 Å². The lowest BCUT2D eigenvalue weighted by Crippen LogP contribution is -2.44. The van der Waals surface area contributed by atoms with E-state index >= 15 is 0 Å². The Labute approximate surface area is 128 Å². The van der Waals surface area contributed by atoms with Crippen molar-refractivity contribution in [2.24, 2.45) is 0 Å². The van der Waals surface area contributed by atoms with E-state index in [1.165, 1.54) is 38.5 Å². The molecule has 120 valence electrons. The second-order valence-electron chi connectivity index (χ2n) is 6.43. The third-order valence-electron chi connectivity index (χ3n) is 4.74. The zero-order chi connectivity index (χ0) is 15.1. The van der Waals surface area contributed by atoms with E-state index < -0.39 is 0 Å². The summed E-state index contributed by atoms with van der Waals surface area (Å²) in [6, 6.07) is 0.521. The topological polar surface area (TPSA) is 52.7 Å². The van der Waals surface area contributed by atoms with Gasteiger partial charge in [-0.05, 0) is 32.7 Å². The van der Waals surface area contributed by atoms with Gasteiger partial charge < -0.3 is 10.2 Å². The van der Waals surface area contributed by atoms with Crippen LogP contribution in [-0.4, -0.2) is 60.9 Å². The van der Waals surface area contributed by atoms with Crippen LogP contribution in [-0.2, 0) is 9.59 Å². The summed E-state index contributed by atoms with van der Waals surface area (Å²) in [5.74, 6) is 0.0206. The van der Waals surface area contributed by atoms with Crippen molar-refractivity contribution >= 4 is 11.8 Å². The summed E-state index contributed by atoms with van der Waals surface area (Å²) in [6.07, 6.45) is 9.73. The van der Waals surface area contributed by atoms with Gasteiger partial charge in [-0.2, -0.15) is 0 Å². The van der Waals surface area contributed by atoms with E-state index in [9.17, 15) is 9.59 Å². The van der Waals surface area contributed by atoms with Gasteiger partial charge in [0, 0.05) is 19.1 Å². The Morgan fingerprint density at radius 3 is 2.29 bits per heavy atom. The van der Waals surface area contributed by atoms with Gasteiger partial charge in [0.1, 0.15) is 0 Å². The highest BCUT2D eigenvalue weighted by Crippen LogP contribution is 2.20. The molecule has 5 nitrogen and oxygen atoms in total. The van der Waals surface area contributed by atoms with Gasteiger partial charge in [0.2, 0.25) is 11.8 Å². The highest BCUT2D eigenvalue weighted by atomic mass is 16.2. The lowest BCUT2D eigenvalue weighted by Gasteiger charge is -2.26. The van der Waals surface area contributed by atoms with Gasteiger partial charge in [0.25, 0.3) is 0 Å². The molecule has 2 aliphatic rings. The first-order valence-electron chi connectivity index (χ1n) is 8.41.